The lowest BCUT2D eigenvalue weighted by Gasteiger charge is -2.23. The summed E-state index contributed by atoms with van der Waals surface area (Å²) in [5, 5.41) is 3.27. The lowest BCUT2D eigenvalue weighted by atomic mass is 10.2. The summed E-state index contributed by atoms with van der Waals surface area (Å²) in [6, 6.07) is 10.6. The van der Waals surface area contributed by atoms with Gasteiger partial charge in [-0.05, 0) is 44.2 Å². The van der Waals surface area contributed by atoms with Crippen LogP contribution in [0.25, 0.3) is 0 Å². The minimum absolute atomic E-state index is 0.213. The van der Waals surface area contributed by atoms with E-state index in [1.807, 2.05) is 18.2 Å². The monoisotopic (exact) mass is 273 g/mol. The van der Waals surface area contributed by atoms with E-state index >= 15 is 0 Å². The second-order valence-electron chi connectivity index (χ2n) is 4.56. The summed E-state index contributed by atoms with van der Waals surface area (Å²) >= 11 is 0. The van der Waals surface area contributed by atoms with Crippen molar-refractivity contribution >= 4 is 11.4 Å². The Hall–Kier alpha value is -2.10. The van der Waals surface area contributed by atoms with Gasteiger partial charge in [-0.3, -0.25) is 4.98 Å². The maximum absolute atomic E-state index is 13.3. The molecule has 1 heterocycles. The molecular formula is C16H20FN3. The average molecular weight is 273 g/mol. The molecule has 3 nitrogen and oxygen atoms in total. The molecule has 0 aliphatic heterocycles. The maximum Gasteiger partial charge on any atom is 0.125 e. The van der Waals surface area contributed by atoms with Gasteiger partial charge in [-0.15, -0.1) is 0 Å². The Kier molecular flexibility index (Phi) is 4.93. The molecule has 2 rings (SSSR count). The van der Waals surface area contributed by atoms with E-state index in [1.165, 1.54) is 6.07 Å². The SMILES string of the molecule is CCNc1ccnc(CN(CC)c2cccc(F)c2)c1. The van der Waals surface area contributed by atoms with Gasteiger partial charge in [0.25, 0.3) is 0 Å². The molecule has 0 saturated carbocycles. The maximum atomic E-state index is 13.3. The van der Waals surface area contributed by atoms with E-state index in [0.29, 0.717) is 6.54 Å². The van der Waals surface area contributed by atoms with Gasteiger partial charge < -0.3 is 10.2 Å². The summed E-state index contributed by atoms with van der Waals surface area (Å²) in [5.74, 6) is -0.213. The summed E-state index contributed by atoms with van der Waals surface area (Å²) in [7, 11) is 0. The van der Waals surface area contributed by atoms with Crippen LogP contribution in [0, 0.1) is 5.82 Å². The second-order valence-corrected chi connectivity index (χ2v) is 4.56. The zero-order valence-electron chi connectivity index (χ0n) is 11.9. The highest BCUT2D eigenvalue weighted by molar-refractivity contribution is 5.48. The van der Waals surface area contributed by atoms with Crippen molar-refractivity contribution in [2.45, 2.75) is 20.4 Å². The third-order valence-corrected chi connectivity index (χ3v) is 3.11. The van der Waals surface area contributed by atoms with E-state index in [-0.39, 0.29) is 5.82 Å². The molecular weight excluding hydrogens is 253 g/mol. The fourth-order valence-electron chi connectivity index (χ4n) is 2.13. The zero-order valence-corrected chi connectivity index (χ0v) is 11.9. The Morgan fingerprint density at radius 2 is 2.05 bits per heavy atom. The quantitative estimate of drug-likeness (QED) is 0.870. The molecule has 20 heavy (non-hydrogen) atoms. The minimum atomic E-state index is -0.213. The highest BCUT2D eigenvalue weighted by Gasteiger charge is 2.07. The largest absolute Gasteiger partial charge is 0.385 e. The van der Waals surface area contributed by atoms with Crippen molar-refractivity contribution in [2.75, 3.05) is 23.3 Å². The van der Waals surface area contributed by atoms with Crippen molar-refractivity contribution in [2.24, 2.45) is 0 Å². The van der Waals surface area contributed by atoms with Crippen LogP contribution in [0.1, 0.15) is 19.5 Å². The molecule has 0 atom stereocenters. The molecule has 106 valence electrons. The Balaban J connectivity index is 2.15. The van der Waals surface area contributed by atoms with Gasteiger partial charge in [0.05, 0.1) is 12.2 Å². The van der Waals surface area contributed by atoms with Crippen molar-refractivity contribution in [1.82, 2.24) is 4.98 Å². The van der Waals surface area contributed by atoms with E-state index < -0.39 is 0 Å². The van der Waals surface area contributed by atoms with Crippen molar-refractivity contribution in [1.29, 1.82) is 0 Å². The normalized spacial score (nSPS) is 10.3. The highest BCUT2D eigenvalue weighted by Crippen LogP contribution is 2.18. The summed E-state index contributed by atoms with van der Waals surface area (Å²) in [6.45, 7) is 6.46. The molecule has 1 aromatic carbocycles. The van der Waals surface area contributed by atoms with Crippen LogP contribution in [0.5, 0.6) is 0 Å². The van der Waals surface area contributed by atoms with E-state index in [2.05, 4.69) is 29.0 Å². The van der Waals surface area contributed by atoms with E-state index in [9.17, 15) is 4.39 Å². The molecule has 1 aromatic heterocycles. The Bertz CT molecular complexity index is 557. The summed E-state index contributed by atoms with van der Waals surface area (Å²) < 4.78 is 13.3. The van der Waals surface area contributed by atoms with E-state index in [1.54, 1.807) is 18.3 Å². The Morgan fingerprint density at radius 3 is 2.75 bits per heavy atom. The van der Waals surface area contributed by atoms with Gasteiger partial charge in [0.2, 0.25) is 0 Å². The summed E-state index contributed by atoms with van der Waals surface area (Å²) in [6.07, 6.45) is 1.80. The van der Waals surface area contributed by atoms with Crippen LogP contribution in [0.3, 0.4) is 0 Å². The zero-order chi connectivity index (χ0) is 14.4. The number of aromatic nitrogens is 1. The van der Waals surface area contributed by atoms with Crippen LogP contribution in [-0.2, 0) is 6.54 Å². The fraction of sp³-hybridized carbons (Fsp3) is 0.312. The highest BCUT2D eigenvalue weighted by atomic mass is 19.1. The molecule has 0 spiro atoms. The predicted molar refractivity (Wildman–Crippen MR) is 81.5 cm³/mol. The van der Waals surface area contributed by atoms with Crippen molar-refractivity contribution in [3.05, 3.63) is 54.1 Å². The smallest absolute Gasteiger partial charge is 0.125 e. The topological polar surface area (TPSA) is 28.2 Å². The van der Waals surface area contributed by atoms with Crippen LogP contribution in [0.4, 0.5) is 15.8 Å². The molecule has 4 heteroatoms. The van der Waals surface area contributed by atoms with Crippen molar-refractivity contribution < 1.29 is 4.39 Å². The first kappa shape index (κ1) is 14.3. The molecule has 0 aliphatic rings. The molecule has 0 aliphatic carbocycles. The van der Waals surface area contributed by atoms with Gasteiger partial charge in [-0.25, -0.2) is 4.39 Å². The van der Waals surface area contributed by atoms with Crippen molar-refractivity contribution in [3.63, 3.8) is 0 Å². The number of nitrogens with one attached hydrogen (secondary N) is 1. The third-order valence-electron chi connectivity index (χ3n) is 3.11. The number of rotatable bonds is 6. The second kappa shape index (κ2) is 6.89. The summed E-state index contributed by atoms with van der Waals surface area (Å²) in [4.78, 5) is 6.48. The van der Waals surface area contributed by atoms with Crippen LogP contribution < -0.4 is 10.2 Å². The van der Waals surface area contributed by atoms with Crippen LogP contribution in [0.15, 0.2) is 42.6 Å². The first-order chi connectivity index (χ1) is 9.72. The molecule has 0 saturated heterocycles. The van der Waals surface area contributed by atoms with E-state index in [4.69, 9.17) is 0 Å². The molecule has 0 amide bonds. The third kappa shape index (κ3) is 3.70. The van der Waals surface area contributed by atoms with Crippen LogP contribution in [-0.4, -0.2) is 18.1 Å². The molecule has 1 N–H and O–H groups in total. The molecule has 0 fully saturated rings. The average Bonchev–Trinajstić information content (AvgIpc) is 2.45. The minimum Gasteiger partial charge on any atom is -0.385 e. The first-order valence-electron chi connectivity index (χ1n) is 6.92. The molecule has 0 unspecified atom stereocenters. The lowest BCUT2D eigenvalue weighted by Crippen LogP contribution is -2.22. The predicted octanol–water partition coefficient (Wildman–Crippen LogP) is 3.68. The van der Waals surface area contributed by atoms with Crippen LogP contribution in [0.2, 0.25) is 0 Å². The number of nitrogens with zero attached hydrogens (tertiary/aromatic N) is 2. The molecule has 2 aromatic rings. The van der Waals surface area contributed by atoms with Gasteiger partial charge in [0, 0.05) is 30.7 Å². The first-order valence-corrected chi connectivity index (χ1v) is 6.92. The number of hydrogen-bond acceptors (Lipinski definition) is 3. The Morgan fingerprint density at radius 1 is 1.20 bits per heavy atom. The van der Waals surface area contributed by atoms with E-state index in [0.717, 1.165) is 30.2 Å². The van der Waals surface area contributed by atoms with Gasteiger partial charge in [0.15, 0.2) is 0 Å². The van der Waals surface area contributed by atoms with Gasteiger partial charge in [-0.2, -0.15) is 0 Å². The standard InChI is InChI=1S/C16H20FN3/c1-3-18-14-8-9-19-15(11-14)12-20(4-2)16-7-5-6-13(17)10-16/h5-11H,3-4,12H2,1-2H3,(H,18,19). The number of benzene rings is 1. The Labute approximate surface area is 119 Å². The number of halogens is 1. The van der Waals surface area contributed by atoms with Gasteiger partial charge in [0.1, 0.15) is 5.82 Å². The van der Waals surface area contributed by atoms with Gasteiger partial charge >= 0.3 is 0 Å². The number of hydrogen-bond donors (Lipinski definition) is 1. The molecule has 0 radical (unpaired) electrons. The number of anilines is 2. The van der Waals surface area contributed by atoms with Crippen LogP contribution >= 0.6 is 0 Å². The van der Waals surface area contributed by atoms with Crippen molar-refractivity contribution in [3.8, 4) is 0 Å². The lowest BCUT2D eigenvalue weighted by molar-refractivity contribution is 0.626. The fourth-order valence-corrected chi connectivity index (χ4v) is 2.13. The number of pyridine rings is 1. The van der Waals surface area contributed by atoms with Gasteiger partial charge in [-0.1, -0.05) is 6.07 Å². The molecule has 0 bridgehead atoms. The summed E-state index contributed by atoms with van der Waals surface area (Å²) in [5.41, 5.74) is 2.91.